The van der Waals surface area contributed by atoms with Gasteiger partial charge in [0.1, 0.15) is 0 Å². The number of para-hydroxylation sites is 5. The minimum absolute atomic E-state index is 0.706. The van der Waals surface area contributed by atoms with Gasteiger partial charge in [0, 0.05) is 17.8 Å². The van der Waals surface area contributed by atoms with Crippen LogP contribution in [0.1, 0.15) is 0 Å². The molecule has 0 fully saturated rings. The zero-order chi connectivity index (χ0) is 18.5. The molecule has 4 nitrogen and oxygen atoms in total. The molecule has 0 saturated carbocycles. The maximum absolute atomic E-state index is 6.14. The average Bonchev–Trinajstić information content (AvgIpc) is 2.75. The summed E-state index contributed by atoms with van der Waals surface area (Å²) in [5, 5.41) is 0. The molecule has 0 aliphatic rings. The number of hydrogen-bond donors (Lipinski definition) is 1. The van der Waals surface area contributed by atoms with Crippen molar-refractivity contribution in [3.63, 3.8) is 0 Å². The molecule has 2 aromatic heterocycles. The van der Waals surface area contributed by atoms with Crippen molar-refractivity contribution in [2.75, 3.05) is 0 Å². The molecule has 134 valence electrons. The number of rotatable bonds is 1. The highest BCUT2D eigenvalue weighted by Crippen LogP contribution is 2.30. The molecule has 0 bridgehead atoms. The second-order valence-electron chi connectivity index (χ2n) is 6.78. The zero-order valence-corrected chi connectivity index (χ0v) is 14.9. The molecule has 2 heterocycles. The van der Waals surface area contributed by atoms with Crippen LogP contribution in [-0.4, -0.2) is 9.55 Å². The largest absolute Gasteiger partial charge is 0.449 e. The fourth-order valence-corrected chi connectivity index (χ4v) is 3.75. The van der Waals surface area contributed by atoms with Crippen LogP contribution in [0.4, 0.5) is 0 Å². The lowest BCUT2D eigenvalue weighted by molar-refractivity contribution is 0.582. The Kier molecular flexibility index (Phi) is 3.14. The second-order valence-corrected chi connectivity index (χ2v) is 6.78. The first-order chi connectivity index (χ1) is 13.9. The van der Waals surface area contributed by atoms with Crippen molar-refractivity contribution in [2.24, 2.45) is 0 Å². The highest BCUT2D eigenvalue weighted by Gasteiger charge is 2.11. The van der Waals surface area contributed by atoms with Crippen LogP contribution in [0, 0.1) is 0 Å². The summed E-state index contributed by atoms with van der Waals surface area (Å²) < 4.78 is 14.5. The molecule has 0 radical (unpaired) electrons. The minimum atomic E-state index is 0.706. The van der Waals surface area contributed by atoms with Gasteiger partial charge in [0.25, 0.3) is 0 Å². The van der Waals surface area contributed by atoms with Crippen molar-refractivity contribution in [3.8, 4) is 5.69 Å². The lowest BCUT2D eigenvalue weighted by Crippen LogP contribution is -2.01. The molecule has 28 heavy (non-hydrogen) atoms. The van der Waals surface area contributed by atoms with E-state index < -0.39 is 0 Å². The molecule has 0 unspecified atom stereocenters. The standard InChI is InChI=1S/C24H16N2O2/c1-2-8-16(9-3-1)26-19-11-5-4-10-17(19)25-18-14-23-24(15-20(18)26)28-22-13-7-6-12-21(22)27-23/h1-15,25H. The van der Waals surface area contributed by atoms with Gasteiger partial charge >= 0.3 is 0 Å². The fraction of sp³-hybridized carbons (Fsp3) is 0. The Bertz CT molecular complexity index is 1510. The van der Waals surface area contributed by atoms with E-state index in [1.54, 1.807) is 0 Å². The summed E-state index contributed by atoms with van der Waals surface area (Å²) in [7, 11) is 0. The monoisotopic (exact) mass is 364 g/mol. The molecular formula is C24H16N2O2. The predicted octanol–water partition coefficient (Wildman–Crippen LogP) is 6.73. The highest BCUT2D eigenvalue weighted by molar-refractivity contribution is 5.96. The van der Waals surface area contributed by atoms with Crippen LogP contribution < -0.4 is 0 Å². The van der Waals surface area contributed by atoms with Gasteiger partial charge in [-0.1, -0.05) is 42.5 Å². The fourth-order valence-electron chi connectivity index (χ4n) is 3.75. The summed E-state index contributed by atoms with van der Waals surface area (Å²) >= 11 is 0. The van der Waals surface area contributed by atoms with Crippen LogP contribution in [0.5, 0.6) is 0 Å². The first-order valence-corrected chi connectivity index (χ1v) is 9.21. The molecule has 1 N–H and O–H groups in total. The molecule has 0 saturated heterocycles. The highest BCUT2D eigenvalue weighted by atomic mass is 16.4. The molecule has 6 aromatic rings. The van der Waals surface area contributed by atoms with Crippen molar-refractivity contribution in [1.29, 1.82) is 0 Å². The van der Waals surface area contributed by atoms with Gasteiger partial charge in [-0.2, -0.15) is 0 Å². The summed E-state index contributed by atoms with van der Waals surface area (Å²) in [5.41, 5.74) is 8.10. The molecule has 0 spiro atoms. The first-order valence-electron chi connectivity index (χ1n) is 9.21. The van der Waals surface area contributed by atoms with Crippen LogP contribution in [0.25, 0.3) is 50.1 Å². The van der Waals surface area contributed by atoms with Gasteiger partial charge in [-0.15, -0.1) is 0 Å². The third-order valence-corrected chi connectivity index (χ3v) is 5.02. The molecule has 4 aromatic carbocycles. The lowest BCUT2D eigenvalue weighted by Gasteiger charge is -2.16. The maximum atomic E-state index is 6.14. The van der Waals surface area contributed by atoms with E-state index in [-0.39, 0.29) is 0 Å². The number of aromatic nitrogens is 2. The van der Waals surface area contributed by atoms with Crippen LogP contribution in [0.3, 0.4) is 0 Å². The lowest BCUT2D eigenvalue weighted by atomic mass is 10.2. The molecule has 0 aliphatic heterocycles. The van der Waals surface area contributed by atoms with E-state index in [4.69, 9.17) is 8.83 Å². The van der Waals surface area contributed by atoms with E-state index in [0.29, 0.717) is 11.2 Å². The Morgan fingerprint density at radius 3 is 1.96 bits per heavy atom. The van der Waals surface area contributed by atoms with Gasteiger partial charge in [0.15, 0.2) is 22.3 Å². The third-order valence-electron chi connectivity index (χ3n) is 5.02. The number of hydrogen-bond acceptors (Lipinski definition) is 2. The van der Waals surface area contributed by atoms with E-state index in [1.807, 2.05) is 60.7 Å². The van der Waals surface area contributed by atoms with E-state index in [2.05, 4.69) is 39.9 Å². The summed E-state index contributed by atoms with van der Waals surface area (Å²) in [4.78, 5) is 3.54. The Hall–Kier alpha value is -3.92. The molecule has 6 rings (SSSR count). The summed E-state index contributed by atoms with van der Waals surface area (Å²) in [5.74, 6) is 0. The van der Waals surface area contributed by atoms with Crippen molar-refractivity contribution in [1.82, 2.24) is 9.55 Å². The van der Waals surface area contributed by atoms with Crippen LogP contribution in [-0.2, 0) is 0 Å². The molecule has 0 aliphatic carbocycles. The van der Waals surface area contributed by atoms with Crippen LogP contribution in [0.15, 0.2) is 99.8 Å². The van der Waals surface area contributed by atoms with E-state index in [1.165, 1.54) is 0 Å². The van der Waals surface area contributed by atoms with Gasteiger partial charge < -0.3 is 18.4 Å². The summed E-state index contributed by atoms with van der Waals surface area (Å²) in [6, 6.07) is 30.4. The van der Waals surface area contributed by atoms with Gasteiger partial charge in [-0.3, -0.25) is 0 Å². The van der Waals surface area contributed by atoms with Crippen LogP contribution >= 0.6 is 0 Å². The van der Waals surface area contributed by atoms with E-state index in [9.17, 15) is 0 Å². The number of nitrogens with one attached hydrogen (secondary N) is 1. The third kappa shape index (κ3) is 2.25. The second kappa shape index (κ2) is 5.79. The molecule has 0 amide bonds. The van der Waals surface area contributed by atoms with Gasteiger partial charge in [-0.05, 0) is 36.4 Å². The smallest absolute Gasteiger partial charge is 0.172 e. The summed E-state index contributed by atoms with van der Waals surface area (Å²) in [6.45, 7) is 0. The van der Waals surface area contributed by atoms with Gasteiger partial charge in [-0.25, -0.2) is 0 Å². The van der Waals surface area contributed by atoms with Crippen molar-refractivity contribution in [3.05, 3.63) is 91.0 Å². The Balaban J connectivity index is 1.81. The van der Waals surface area contributed by atoms with E-state index in [0.717, 1.165) is 38.9 Å². The SMILES string of the molecule is c1ccc(-n2c3ccccc3[nH]c3cc4oc5ccccc5oc4cc32)cc1. The topological polar surface area (TPSA) is 47.0 Å². The predicted molar refractivity (Wildman–Crippen MR) is 112 cm³/mol. The minimum Gasteiger partial charge on any atom is -0.449 e. The number of nitrogens with zero attached hydrogens (tertiary/aromatic N) is 1. The molecule has 4 heteroatoms. The molecular weight excluding hydrogens is 348 g/mol. The average molecular weight is 364 g/mol. The Morgan fingerprint density at radius 2 is 1.18 bits per heavy atom. The zero-order valence-electron chi connectivity index (χ0n) is 14.9. The molecule has 0 atom stereocenters. The van der Waals surface area contributed by atoms with Crippen LogP contribution in [0.2, 0.25) is 0 Å². The maximum Gasteiger partial charge on any atom is 0.172 e. The first kappa shape index (κ1) is 15.2. The number of benzene rings is 4. The van der Waals surface area contributed by atoms with E-state index >= 15 is 0 Å². The van der Waals surface area contributed by atoms with Crippen molar-refractivity contribution >= 4 is 44.4 Å². The number of aromatic amines is 1. The Morgan fingerprint density at radius 1 is 0.536 bits per heavy atom. The van der Waals surface area contributed by atoms with Crippen molar-refractivity contribution < 1.29 is 8.83 Å². The van der Waals surface area contributed by atoms with Gasteiger partial charge in [0.2, 0.25) is 0 Å². The van der Waals surface area contributed by atoms with Gasteiger partial charge in [0.05, 0.1) is 22.1 Å². The summed E-state index contributed by atoms with van der Waals surface area (Å²) in [6.07, 6.45) is 0. The number of fused-ring (bicyclic) bond motifs is 4. The Labute approximate surface area is 159 Å². The number of H-pyrrole nitrogens is 1. The quantitative estimate of drug-likeness (QED) is 0.329. The normalized spacial score (nSPS) is 11.6. The van der Waals surface area contributed by atoms with Crippen molar-refractivity contribution in [2.45, 2.75) is 0 Å².